The molecule has 0 aliphatic heterocycles. The summed E-state index contributed by atoms with van der Waals surface area (Å²) in [7, 11) is 0. The van der Waals surface area contributed by atoms with Gasteiger partial charge in [-0.2, -0.15) is 0 Å². The SMILES string of the molecule is CCC(CC)(CO)CNC(=O)[C@H](C)N. The van der Waals surface area contributed by atoms with Crippen molar-refractivity contribution in [3.05, 3.63) is 0 Å². The molecule has 0 spiro atoms. The summed E-state index contributed by atoms with van der Waals surface area (Å²) in [6.45, 7) is 6.26. The molecule has 0 aromatic carbocycles. The summed E-state index contributed by atoms with van der Waals surface area (Å²) < 4.78 is 0. The third-order valence-corrected chi connectivity index (χ3v) is 2.89. The molecule has 0 saturated carbocycles. The van der Waals surface area contributed by atoms with Crippen molar-refractivity contribution in [1.29, 1.82) is 0 Å². The van der Waals surface area contributed by atoms with E-state index in [1.165, 1.54) is 0 Å². The molecule has 0 aromatic rings. The molecule has 1 amide bonds. The summed E-state index contributed by atoms with van der Waals surface area (Å²) in [6, 6.07) is -0.486. The summed E-state index contributed by atoms with van der Waals surface area (Å²) in [5.74, 6) is -0.162. The van der Waals surface area contributed by atoms with Crippen molar-refractivity contribution in [1.82, 2.24) is 5.32 Å². The van der Waals surface area contributed by atoms with Gasteiger partial charge in [-0.05, 0) is 19.8 Å². The van der Waals surface area contributed by atoms with Gasteiger partial charge in [0, 0.05) is 12.0 Å². The zero-order valence-corrected chi connectivity index (χ0v) is 9.34. The molecule has 4 nitrogen and oxygen atoms in total. The van der Waals surface area contributed by atoms with E-state index >= 15 is 0 Å². The van der Waals surface area contributed by atoms with Crippen molar-refractivity contribution in [2.24, 2.45) is 11.1 Å². The molecule has 0 radical (unpaired) electrons. The predicted octanol–water partition coefficient (Wildman–Crippen LogP) is 0.249. The fraction of sp³-hybridized carbons (Fsp3) is 0.900. The van der Waals surface area contributed by atoms with E-state index in [0.717, 1.165) is 12.8 Å². The minimum Gasteiger partial charge on any atom is -0.396 e. The fourth-order valence-corrected chi connectivity index (χ4v) is 1.22. The molecule has 84 valence electrons. The molecular weight excluding hydrogens is 180 g/mol. The first kappa shape index (κ1) is 13.4. The van der Waals surface area contributed by atoms with Crippen LogP contribution >= 0.6 is 0 Å². The normalized spacial score (nSPS) is 13.8. The Hall–Kier alpha value is -0.610. The maximum Gasteiger partial charge on any atom is 0.236 e. The van der Waals surface area contributed by atoms with Crippen LogP contribution in [0.5, 0.6) is 0 Å². The molecule has 0 unspecified atom stereocenters. The zero-order chi connectivity index (χ0) is 11.2. The van der Waals surface area contributed by atoms with Gasteiger partial charge in [-0.1, -0.05) is 13.8 Å². The van der Waals surface area contributed by atoms with Crippen molar-refractivity contribution < 1.29 is 9.90 Å². The molecule has 0 aromatic heterocycles. The fourth-order valence-electron chi connectivity index (χ4n) is 1.22. The second-order valence-electron chi connectivity index (χ2n) is 3.87. The van der Waals surface area contributed by atoms with E-state index in [4.69, 9.17) is 5.73 Å². The van der Waals surface area contributed by atoms with Crippen molar-refractivity contribution in [2.45, 2.75) is 39.7 Å². The van der Waals surface area contributed by atoms with E-state index in [-0.39, 0.29) is 17.9 Å². The first-order chi connectivity index (χ1) is 6.51. The van der Waals surface area contributed by atoms with Crippen LogP contribution in [0.25, 0.3) is 0 Å². The Morgan fingerprint density at radius 2 is 2.00 bits per heavy atom. The Morgan fingerprint density at radius 3 is 2.29 bits per heavy atom. The maximum atomic E-state index is 11.2. The van der Waals surface area contributed by atoms with Gasteiger partial charge in [0.15, 0.2) is 0 Å². The Bertz CT molecular complexity index is 169. The maximum absolute atomic E-state index is 11.2. The Kier molecular flexibility index (Phi) is 5.72. The average molecular weight is 202 g/mol. The Labute approximate surface area is 85.9 Å². The van der Waals surface area contributed by atoms with Crippen molar-refractivity contribution >= 4 is 5.91 Å². The minimum absolute atomic E-state index is 0.0965. The molecule has 0 aliphatic rings. The topological polar surface area (TPSA) is 75.3 Å². The first-order valence-corrected chi connectivity index (χ1v) is 5.15. The molecule has 4 heteroatoms. The van der Waals surface area contributed by atoms with Gasteiger partial charge >= 0.3 is 0 Å². The van der Waals surface area contributed by atoms with Crippen molar-refractivity contribution in [2.75, 3.05) is 13.2 Å². The lowest BCUT2D eigenvalue weighted by Gasteiger charge is -2.29. The highest BCUT2D eigenvalue weighted by Gasteiger charge is 2.26. The lowest BCUT2D eigenvalue weighted by Crippen LogP contribution is -2.45. The number of nitrogens with one attached hydrogen (secondary N) is 1. The number of aliphatic hydroxyl groups is 1. The van der Waals surface area contributed by atoms with Gasteiger partial charge in [-0.15, -0.1) is 0 Å². The van der Waals surface area contributed by atoms with E-state index in [9.17, 15) is 9.90 Å². The van der Waals surface area contributed by atoms with Gasteiger partial charge in [0.1, 0.15) is 0 Å². The highest BCUT2D eigenvalue weighted by atomic mass is 16.3. The lowest BCUT2D eigenvalue weighted by molar-refractivity contribution is -0.122. The van der Waals surface area contributed by atoms with Gasteiger partial charge in [0.05, 0.1) is 12.6 Å². The number of amides is 1. The first-order valence-electron chi connectivity index (χ1n) is 5.15. The van der Waals surface area contributed by atoms with Gasteiger partial charge in [-0.25, -0.2) is 0 Å². The second kappa shape index (κ2) is 5.98. The summed E-state index contributed by atoms with van der Waals surface area (Å²) >= 11 is 0. The highest BCUT2D eigenvalue weighted by molar-refractivity contribution is 5.80. The lowest BCUT2D eigenvalue weighted by atomic mass is 9.83. The van der Waals surface area contributed by atoms with E-state index < -0.39 is 6.04 Å². The number of aliphatic hydroxyl groups excluding tert-OH is 1. The van der Waals surface area contributed by atoms with Crippen molar-refractivity contribution in [3.63, 3.8) is 0 Å². The van der Waals surface area contributed by atoms with Crippen LogP contribution in [0.15, 0.2) is 0 Å². The van der Waals surface area contributed by atoms with Crippen molar-refractivity contribution in [3.8, 4) is 0 Å². The number of rotatable bonds is 6. The molecule has 4 N–H and O–H groups in total. The van der Waals surface area contributed by atoms with Crippen LogP contribution in [0, 0.1) is 5.41 Å². The monoisotopic (exact) mass is 202 g/mol. The van der Waals surface area contributed by atoms with E-state index in [2.05, 4.69) is 5.32 Å². The summed E-state index contributed by atoms with van der Waals surface area (Å²) in [4.78, 5) is 11.2. The zero-order valence-electron chi connectivity index (χ0n) is 9.34. The van der Waals surface area contributed by atoms with E-state index in [1.807, 2.05) is 13.8 Å². The molecule has 0 bridgehead atoms. The highest BCUT2D eigenvalue weighted by Crippen LogP contribution is 2.24. The molecule has 0 heterocycles. The standard InChI is InChI=1S/C10H22N2O2/c1-4-10(5-2,7-13)6-12-9(14)8(3)11/h8,13H,4-7,11H2,1-3H3,(H,12,14)/t8-/m0/s1. The van der Waals surface area contributed by atoms with Gasteiger partial charge in [0.25, 0.3) is 0 Å². The molecule has 0 fully saturated rings. The van der Waals surface area contributed by atoms with E-state index in [1.54, 1.807) is 6.92 Å². The van der Waals surface area contributed by atoms with Gasteiger partial charge < -0.3 is 16.2 Å². The summed E-state index contributed by atoms with van der Waals surface area (Å²) in [5, 5.41) is 12.0. The van der Waals surface area contributed by atoms with Crippen LogP contribution in [0.3, 0.4) is 0 Å². The van der Waals surface area contributed by atoms with Gasteiger partial charge in [-0.3, -0.25) is 4.79 Å². The number of carbonyl (C=O) groups excluding carboxylic acids is 1. The molecular formula is C10H22N2O2. The number of hydrogen-bond donors (Lipinski definition) is 3. The second-order valence-corrected chi connectivity index (χ2v) is 3.87. The number of carbonyl (C=O) groups is 1. The summed E-state index contributed by atoms with van der Waals surface area (Å²) in [6.07, 6.45) is 1.69. The Balaban J connectivity index is 4.12. The minimum atomic E-state index is -0.486. The molecule has 0 saturated heterocycles. The number of hydrogen-bond acceptors (Lipinski definition) is 3. The largest absolute Gasteiger partial charge is 0.396 e. The van der Waals surface area contributed by atoms with Crippen LogP contribution < -0.4 is 11.1 Å². The van der Waals surface area contributed by atoms with E-state index in [0.29, 0.717) is 6.54 Å². The number of nitrogens with two attached hydrogens (primary N) is 1. The van der Waals surface area contributed by atoms with Crippen LogP contribution in [0.2, 0.25) is 0 Å². The predicted molar refractivity (Wildman–Crippen MR) is 56.8 cm³/mol. The third kappa shape index (κ3) is 3.64. The average Bonchev–Trinajstić information content (AvgIpc) is 2.20. The molecule has 1 atom stereocenters. The van der Waals surface area contributed by atoms with Crippen LogP contribution in [0.1, 0.15) is 33.6 Å². The quantitative estimate of drug-likeness (QED) is 0.578. The molecule has 0 aliphatic carbocycles. The van der Waals surface area contributed by atoms with Crippen LogP contribution in [0.4, 0.5) is 0 Å². The third-order valence-electron chi connectivity index (χ3n) is 2.89. The smallest absolute Gasteiger partial charge is 0.236 e. The molecule has 14 heavy (non-hydrogen) atoms. The Morgan fingerprint density at radius 1 is 1.50 bits per heavy atom. The molecule has 0 rings (SSSR count). The summed E-state index contributed by atoms with van der Waals surface area (Å²) in [5.41, 5.74) is 5.23. The van der Waals surface area contributed by atoms with Crippen LogP contribution in [-0.2, 0) is 4.79 Å². The van der Waals surface area contributed by atoms with Gasteiger partial charge in [0.2, 0.25) is 5.91 Å². The van der Waals surface area contributed by atoms with Crippen LogP contribution in [-0.4, -0.2) is 30.2 Å².